The molecule has 0 fully saturated rings. The zero-order valence-electron chi connectivity index (χ0n) is 15.5. The second-order valence-electron chi connectivity index (χ2n) is 6.66. The molecule has 0 aliphatic carbocycles. The number of rotatable bonds is 4. The van der Waals surface area contributed by atoms with E-state index < -0.39 is 0 Å². The maximum Gasteiger partial charge on any atom is 0.271 e. The molecule has 0 amide bonds. The quantitative estimate of drug-likeness (QED) is 0.514. The molecule has 0 saturated heterocycles. The lowest BCUT2D eigenvalue weighted by Gasteiger charge is -2.09. The molecule has 0 N–H and O–H groups in total. The number of benzene rings is 2. The third-order valence-corrected chi connectivity index (χ3v) is 5.88. The van der Waals surface area contributed by atoms with Crippen LogP contribution in [0.2, 0.25) is 0 Å². The van der Waals surface area contributed by atoms with Crippen LogP contribution in [0.15, 0.2) is 59.7 Å². The molecule has 0 spiro atoms. The van der Waals surface area contributed by atoms with Crippen LogP contribution in [0, 0.1) is 13.8 Å². The first kappa shape index (κ1) is 17.5. The van der Waals surface area contributed by atoms with Crippen LogP contribution >= 0.6 is 11.3 Å². The van der Waals surface area contributed by atoms with Crippen LogP contribution in [0.25, 0.3) is 20.7 Å². The van der Waals surface area contributed by atoms with Gasteiger partial charge < -0.3 is 4.74 Å². The minimum absolute atomic E-state index is 0.00525. The van der Waals surface area contributed by atoms with Gasteiger partial charge in [0.1, 0.15) is 10.4 Å². The summed E-state index contributed by atoms with van der Waals surface area (Å²) in [6.45, 7) is 4.66. The van der Waals surface area contributed by atoms with Crippen LogP contribution in [0.4, 0.5) is 0 Å². The molecule has 2 heterocycles. The van der Waals surface area contributed by atoms with Crippen LogP contribution in [-0.4, -0.2) is 16.7 Å². The minimum atomic E-state index is 0.00525. The highest BCUT2D eigenvalue weighted by molar-refractivity contribution is 7.22. The SMILES string of the molecule is COc1ccc(-c2cc3ncn(Cc4cc(C)ccc4C)c(=O)c3s2)cc1. The number of aryl methyl sites for hydroxylation is 2. The highest BCUT2D eigenvalue weighted by Gasteiger charge is 2.11. The van der Waals surface area contributed by atoms with E-state index in [1.807, 2.05) is 30.3 Å². The standard InChI is InChI=1S/C22H20N2O2S/c1-14-4-5-15(2)17(10-14)12-24-13-23-19-11-20(27-21(19)22(24)25)16-6-8-18(26-3)9-7-16/h4-11,13H,12H2,1-3H3. The van der Waals surface area contributed by atoms with E-state index in [1.54, 1.807) is 18.0 Å². The second kappa shape index (κ2) is 7.00. The summed E-state index contributed by atoms with van der Waals surface area (Å²) in [4.78, 5) is 18.5. The Balaban J connectivity index is 1.73. The first-order valence-electron chi connectivity index (χ1n) is 8.74. The van der Waals surface area contributed by atoms with Gasteiger partial charge in [0.15, 0.2) is 0 Å². The van der Waals surface area contributed by atoms with E-state index in [2.05, 4.69) is 37.0 Å². The molecular weight excluding hydrogens is 356 g/mol. The lowest BCUT2D eigenvalue weighted by molar-refractivity contribution is 0.415. The Hall–Kier alpha value is -2.92. The van der Waals surface area contributed by atoms with E-state index in [4.69, 9.17) is 4.74 Å². The van der Waals surface area contributed by atoms with Crippen LogP contribution in [0.3, 0.4) is 0 Å². The molecule has 0 saturated carbocycles. The Labute approximate surface area is 161 Å². The number of hydrogen-bond donors (Lipinski definition) is 0. The van der Waals surface area contributed by atoms with Crippen molar-refractivity contribution in [2.24, 2.45) is 0 Å². The molecule has 0 unspecified atom stereocenters. The first-order valence-corrected chi connectivity index (χ1v) is 9.56. The molecule has 4 aromatic rings. The van der Waals surface area contributed by atoms with E-state index in [0.29, 0.717) is 11.2 Å². The van der Waals surface area contributed by atoms with Gasteiger partial charge in [-0.2, -0.15) is 0 Å². The van der Waals surface area contributed by atoms with Crippen molar-refractivity contribution in [2.45, 2.75) is 20.4 Å². The fourth-order valence-electron chi connectivity index (χ4n) is 3.11. The lowest BCUT2D eigenvalue weighted by atomic mass is 10.1. The molecule has 0 bridgehead atoms. The van der Waals surface area contributed by atoms with Crippen LogP contribution in [0.1, 0.15) is 16.7 Å². The molecule has 0 aliphatic heterocycles. The average molecular weight is 376 g/mol. The molecule has 2 aromatic heterocycles. The molecule has 27 heavy (non-hydrogen) atoms. The summed E-state index contributed by atoms with van der Waals surface area (Å²) in [7, 11) is 1.65. The number of nitrogens with zero attached hydrogens (tertiary/aromatic N) is 2. The number of hydrogen-bond acceptors (Lipinski definition) is 4. The first-order chi connectivity index (χ1) is 13.0. The molecular formula is C22H20N2O2S. The van der Waals surface area contributed by atoms with Gasteiger partial charge in [0, 0.05) is 4.88 Å². The lowest BCUT2D eigenvalue weighted by Crippen LogP contribution is -2.20. The van der Waals surface area contributed by atoms with E-state index in [1.165, 1.54) is 22.5 Å². The van der Waals surface area contributed by atoms with E-state index in [0.717, 1.165) is 27.3 Å². The zero-order chi connectivity index (χ0) is 19.0. The van der Waals surface area contributed by atoms with Crippen molar-refractivity contribution >= 4 is 21.6 Å². The van der Waals surface area contributed by atoms with Gasteiger partial charge in [0.2, 0.25) is 0 Å². The molecule has 0 radical (unpaired) electrons. The smallest absolute Gasteiger partial charge is 0.271 e. The van der Waals surface area contributed by atoms with Gasteiger partial charge >= 0.3 is 0 Å². The van der Waals surface area contributed by atoms with Crippen molar-refractivity contribution in [3.63, 3.8) is 0 Å². The Kier molecular flexibility index (Phi) is 4.54. The molecule has 0 aliphatic rings. The molecule has 136 valence electrons. The van der Waals surface area contributed by atoms with Crippen LogP contribution < -0.4 is 10.3 Å². The third kappa shape index (κ3) is 3.38. The summed E-state index contributed by atoms with van der Waals surface area (Å²) in [6.07, 6.45) is 1.65. The van der Waals surface area contributed by atoms with E-state index in [9.17, 15) is 4.79 Å². The van der Waals surface area contributed by atoms with Crippen molar-refractivity contribution in [3.05, 3.63) is 81.9 Å². The number of ether oxygens (including phenoxy) is 1. The summed E-state index contributed by atoms with van der Waals surface area (Å²) in [5.41, 5.74) is 5.32. The number of aromatic nitrogens is 2. The van der Waals surface area contributed by atoms with Gasteiger partial charge in [0.25, 0.3) is 5.56 Å². The Morgan fingerprint density at radius 2 is 1.85 bits per heavy atom. The summed E-state index contributed by atoms with van der Waals surface area (Å²) in [5.74, 6) is 0.814. The maximum absolute atomic E-state index is 13.0. The van der Waals surface area contributed by atoms with Crippen molar-refractivity contribution < 1.29 is 4.74 Å². The van der Waals surface area contributed by atoms with Crippen LogP contribution in [0.5, 0.6) is 5.75 Å². The summed E-state index contributed by atoms with van der Waals surface area (Å²) >= 11 is 1.49. The van der Waals surface area contributed by atoms with Crippen molar-refractivity contribution in [3.8, 4) is 16.2 Å². The highest BCUT2D eigenvalue weighted by atomic mass is 32.1. The third-order valence-electron chi connectivity index (χ3n) is 4.72. The van der Waals surface area contributed by atoms with Gasteiger partial charge in [-0.15, -0.1) is 11.3 Å². The Morgan fingerprint density at radius 3 is 2.59 bits per heavy atom. The average Bonchev–Trinajstić information content (AvgIpc) is 3.12. The topological polar surface area (TPSA) is 44.1 Å². The Bertz CT molecular complexity index is 1170. The molecule has 0 atom stereocenters. The summed E-state index contributed by atoms with van der Waals surface area (Å²) in [5, 5.41) is 0. The Morgan fingerprint density at radius 1 is 1.07 bits per heavy atom. The largest absolute Gasteiger partial charge is 0.497 e. The zero-order valence-corrected chi connectivity index (χ0v) is 16.3. The van der Waals surface area contributed by atoms with Crippen molar-refractivity contribution in [1.29, 1.82) is 0 Å². The maximum atomic E-state index is 13.0. The number of thiophene rings is 1. The van der Waals surface area contributed by atoms with Gasteiger partial charge in [-0.1, -0.05) is 23.8 Å². The minimum Gasteiger partial charge on any atom is -0.497 e. The van der Waals surface area contributed by atoms with E-state index >= 15 is 0 Å². The van der Waals surface area contributed by atoms with Gasteiger partial charge in [-0.25, -0.2) is 4.98 Å². The monoisotopic (exact) mass is 376 g/mol. The van der Waals surface area contributed by atoms with Crippen molar-refractivity contribution in [2.75, 3.05) is 7.11 Å². The number of fused-ring (bicyclic) bond motifs is 1. The number of methoxy groups -OCH3 is 1. The molecule has 4 nitrogen and oxygen atoms in total. The molecule has 2 aromatic carbocycles. The second-order valence-corrected chi connectivity index (χ2v) is 7.71. The predicted molar refractivity (Wildman–Crippen MR) is 111 cm³/mol. The molecule has 5 heteroatoms. The van der Waals surface area contributed by atoms with Gasteiger partial charge in [0.05, 0.1) is 25.5 Å². The predicted octanol–water partition coefficient (Wildman–Crippen LogP) is 4.80. The fraction of sp³-hybridized carbons (Fsp3) is 0.182. The van der Waals surface area contributed by atoms with Crippen LogP contribution in [-0.2, 0) is 6.54 Å². The normalized spacial score (nSPS) is 11.1. The van der Waals surface area contributed by atoms with E-state index in [-0.39, 0.29) is 5.56 Å². The summed E-state index contributed by atoms with van der Waals surface area (Å²) < 4.78 is 7.59. The molecule has 4 rings (SSSR count). The van der Waals surface area contributed by atoms with Gasteiger partial charge in [-0.3, -0.25) is 9.36 Å². The highest BCUT2D eigenvalue weighted by Crippen LogP contribution is 2.31. The fourth-order valence-corrected chi connectivity index (χ4v) is 4.17. The van der Waals surface area contributed by atoms with Gasteiger partial charge in [-0.05, 0) is 60.9 Å². The van der Waals surface area contributed by atoms with Crippen molar-refractivity contribution in [1.82, 2.24) is 9.55 Å². The summed E-state index contributed by atoms with van der Waals surface area (Å²) in [6, 6.07) is 16.1.